The van der Waals surface area contributed by atoms with E-state index in [9.17, 15) is 0 Å². The van der Waals surface area contributed by atoms with Gasteiger partial charge in [-0.15, -0.1) is 0 Å². The molecule has 106 valence electrons. The van der Waals surface area contributed by atoms with Gasteiger partial charge in [0.2, 0.25) is 0 Å². The molecule has 0 aromatic heterocycles. The third kappa shape index (κ3) is 3.50. The minimum absolute atomic E-state index is 0.0430. The number of methoxy groups -OCH3 is 1. The van der Waals surface area contributed by atoms with Gasteiger partial charge >= 0.3 is 0 Å². The molecule has 3 heteroatoms. The second-order valence-electron chi connectivity index (χ2n) is 5.91. The van der Waals surface area contributed by atoms with E-state index in [4.69, 9.17) is 22.1 Å². The molecular formula is C16H24ClNO. The summed E-state index contributed by atoms with van der Waals surface area (Å²) in [6, 6.07) is 8.00. The van der Waals surface area contributed by atoms with E-state index < -0.39 is 0 Å². The summed E-state index contributed by atoms with van der Waals surface area (Å²) in [6.45, 7) is 2.29. The van der Waals surface area contributed by atoms with Gasteiger partial charge in [0.25, 0.3) is 0 Å². The Bertz CT molecular complexity index is 406. The molecule has 19 heavy (non-hydrogen) atoms. The minimum Gasteiger partial charge on any atom is -0.377 e. The van der Waals surface area contributed by atoms with Crippen molar-refractivity contribution in [3.63, 3.8) is 0 Å². The summed E-state index contributed by atoms with van der Waals surface area (Å²) in [5.74, 6) is 0.699. The van der Waals surface area contributed by atoms with Gasteiger partial charge in [-0.2, -0.15) is 0 Å². The molecule has 0 aliphatic heterocycles. The first-order chi connectivity index (χ1) is 9.05. The number of hydrogen-bond acceptors (Lipinski definition) is 2. The van der Waals surface area contributed by atoms with Gasteiger partial charge < -0.3 is 10.5 Å². The molecule has 2 N–H and O–H groups in total. The summed E-state index contributed by atoms with van der Waals surface area (Å²) < 4.78 is 5.86. The van der Waals surface area contributed by atoms with E-state index >= 15 is 0 Å². The van der Waals surface area contributed by atoms with Crippen molar-refractivity contribution in [1.29, 1.82) is 0 Å². The molecule has 1 aliphatic rings. The zero-order valence-corrected chi connectivity index (χ0v) is 12.6. The predicted octanol–water partition coefficient (Wildman–Crippen LogP) is 3.81. The number of halogens is 1. The Morgan fingerprint density at radius 2 is 2.11 bits per heavy atom. The summed E-state index contributed by atoms with van der Waals surface area (Å²) in [5.41, 5.74) is 7.54. The molecule has 1 aliphatic carbocycles. The summed E-state index contributed by atoms with van der Waals surface area (Å²) in [4.78, 5) is 0. The zero-order chi connectivity index (χ0) is 13.9. The van der Waals surface area contributed by atoms with E-state index in [1.807, 2.05) is 12.1 Å². The van der Waals surface area contributed by atoms with E-state index in [0.717, 1.165) is 24.3 Å². The number of benzene rings is 1. The van der Waals surface area contributed by atoms with Crippen LogP contribution in [0.4, 0.5) is 0 Å². The monoisotopic (exact) mass is 281 g/mol. The van der Waals surface area contributed by atoms with E-state index in [1.54, 1.807) is 7.11 Å². The largest absolute Gasteiger partial charge is 0.377 e. The maximum Gasteiger partial charge on any atom is 0.0834 e. The first kappa shape index (κ1) is 14.8. The Hall–Kier alpha value is -0.570. The van der Waals surface area contributed by atoms with Crippen LogP contribution >= 0.6 is 11.6 Å². The Morgan fingerprint density at radius 1 is 1.42 bits per heavy atom. The number of hydrogen-bond donors (Lipinski definition) is 1. The van der Waals surface area contributed by atoms with Gasteiger partial charge in [0.15, 0.2) is 0 Å². The van der Waals surface area contributed by atoms with Crippen molar-refractivity contribution in [3.8, 4) is 0 Å². The molecule has 0 spiro atoms. The lowest BCUT2D eigenvalue weighted by atomic mass is 9.73. The second-order valence-corrected chi connectivity index (χ2v) is 6.34. The van der Waals surface area contributed by atoms with Gasteiger partial charge in [-0.05, 0) is 42.9 Å². The number of ether oxygens (including phenoxy) is 1. The normalized spacial score (nSPS) is 29.2. The van der Waals surface area contributed by atoms with Crippen molar-refractivity contribution in [2.45, 2.75) is 50.7 Å². The summed E-state index contributed by atoms with van der Waals surface area (Å²) >= 11 is 5.91. The van der Waals surface area contributed by atoms with E-state index in [1.165, 1.54) is 18.4 Å². The average Bonchev–Trinajstić information content (AvgIpc) is 2.41. The quantitative estimate of drug-likeness (QED) is 0.911. The van der Waals surface area contributed by atoms with Gasteiger partial charge in [0.05, 0.1) is 5.60 Å². The highest BCUT2D eigenvalue weighted by Gasteiger charge is 2.40. The minimum atomic E-state index is -0.155. The van der Waals surface area contributed by atoms with Crippen LogP contribution in [-0.2, 0) is 11.2 Å². The highest BCUT2D eigenvalue weighted by molar-refractivity contribution is 6.30. The van der Waals surface area contributed by atoms with Gasteiger partial charge in [-0.25, -0.2) is 0 Å². The van der Waals surface area contributed by atoms with Crippen molar-refractivity contribution in [2.24, 2.45) is 11.7 Å². The fraction of sp³-hybridized carbons (Fsp3) is 0.625. The Kier molecular flexibility index (Phi) is 4.88. The molecule has 0 saturated heterocycles. The third-order valence-corrected chi connectivity index (χ3v) is 4.69. The number of rotatable bonds is 4. The smallest absolute Gasteiger partial charge is 0.0834 e. The lowest BCUT2D eigenvalue weighted by Crippen LogP contribution is -2.53. The van der Waals surface area contributed by atoms with Crippen molar-refractivity contribution in [3.05, 3.63) is 34.9 Å². The predicted molar refractivity (Wildman–Crippen MR) is 80.5 cm³/mol. The standard InChI is InChI=1S/C16H24ClNO/c1-12-4-3-9-16(11-12,19-2)15(18)10-13-5-7-14(17)8-6-13/h5-8,12,15H,3-4,9-11,18H2,1-2H3. The van der Waals surface area contributed by atoms with Crippen LogP contribution in [0.15, 0.2) is 24.3 Å². The van der Waals surface area contributed by atoms with Crippen LogP contribution in [0.3, 0.4) is 0 Å². The first-order valence-corrected chi connectivity index (χ1v) is 7.49. The van der Waals surface area contributed by atoms with Crippen LogP contribution in [0.5, 0.6) is 0 Å². The molecule has 2 rings (SSSR count). The summed E-state index contributed by atoms with van der Waals surface area (Å²) in [6.07, 6.45) is 5.49. The van der Waals surface area contributed by atoms with Crippen LogP contribution in [0.25, 0.3) is 0 Å². The van der Waals surface area contributed by atoms with Crippen molar-refractivity contribution >= 4 is 11.6 Å². The summed E-state index contributed by atoms with van der Waals surface area (Å²) in [7, 11) is 1.81. The van der Waals surface area contributed by atoms with Crippen LogP contribution < -0.4 is 5.73 Å². The molecule has 1 fully saturated rings. The fourth-order valence-electron chi connectivity index (χ4n) is 3.28. The second kappa shape index (κ2) is 6.25. The zero-order valence-electron chi connectivity index (χ0n) is 11.9. The average molecular weight is 282 g/mol. The SMILES string of the molecule is COC1(C(N)Cc2ccc(Cl)cc2)CCCC(C)C1. The molecular weight excluding hydrogens is 258 g/mol. The van der Waals surface area contributed by atoms with E-state index in [0.29, 0.717) is 5.92 Å². The van der Waals surface area contributed by atoms with Crippen LogP contribution in [0, 0.1) is 5.92 Å². The van der Waals surface area contributed by atoms with Gasteiger partial charge in [0.1, 0.15) is 0 Å². The topological polar surface area (TPSA) is 35.2 Å². The highest BCUT2D eigenvalue weighted by Crippen LogP contribution is 2.37. The molecule has 0 radical (unpaired) electrons. The molecule has 1 aromatic carbocycles. The van der Waals surface area contributed by atoms with Crippen molar-refractivity contribution in [1.82, 2.24) is 0 Å². The van der Waals surface area contributed by atoms with Crippen LogP contribution in [-0.4, -0.2) is 18.8 Å². The molecule has 0 bridgehead atoms. The van der Waals surface area contributed by atoms with Crippen LogP contribution in [0.2, 0.25) is 5.02 Å². The molecule has 3 atom stereocenters. The molecule has 2 nitrogen and oxygen atoms in total. The Balaban J connectivity index is 2.08. The molecule has 0 amide bonds. The Morgan fingerprint density at radius 3 is 2.68 bits per heavy atom. The molecule has 1 aromatic rings. The fourth-order valence-corrected chi connectivity index (χ4v) is 3.40. The highest BCUT2D eigenvalue weighted by atomic mass is 35.5. The van der Waals surface area contributed by atoms with Gasteiger partial charge in [-0.3, -0.25) is 0 Å². The van der Waals surface area contributed by atoms with E-state index in [-0.39, 0.29) is 11.6 Å². The van der Waals surface area contributed by atoms with Gasteiger partial charge in [0, 0.05) is 18.2 Å². The summed E-state index contributed by atoms with van der Waals surface area (Å²) in [5, 5.41) is 0.769. The van der Waals surface area contributed by atoms with Crippen molar-refractivity contribution in [2.75, 3.05) is 7.11 Å². The lowest BCUT2D eigenvalue weighted by molar-refractivity contribution is -0.0705. The molecule has 0 heterocycles. The third-order valence-electron chi connectivity index (χ3n) is 4.44. The lowest BCUT2D eigenvalue weighted by Gasteiger charge is -2.43. The maximum absolute atomic E-state index is 6.47. The molecule has 3 unspecified atom stereocenters. The van der Waals surface area contributed by atoms with Gasteiger partial charge in [-0.1, -0.05) is 43.5 Å². The number of nitrogens with two attached hydrogens (primary N) is 1. The van der Waals surface area contributed by atoms with E-state index in [2.05, 4.69) is 19.1 Å². The maximum atomic E-state index is 6.47. The van der Waals surface area contributed by atoms with Crippen LogP contribution in [0.1, 0.15) is 38.2 Å². The Labute approximate surface area is 121 Å². The molecule has 1 saturated carbocycles. The van der Waals surface area contributed by atoms with Crippen molar-refractivity contribution < 1.29 is 4.74 Å². The first-order valence-electron chi connectivity index (χ1n) is 7.11.